The third-order valence-electron chi connectivity index (χ3n) is 4.17. The lowest BCUT2D eigenvalue weighted by molar-refractivity contribution is -0.137. The molecule has 0 bridgehead atoms. The lowest BCUT2D eigenvalue weighted by Gasteiger charge is -2.13. The predicted octanol–water partition coefficient (Wildman–Crippen LogP) is -2.37. The van der Waals surface area contributed by atoms with Crippen molar-refractivity contribution in [2.24, 2.45) is 0 Å². The molecule has 0 aromatic rings. The minimum absolute atomic E-state index is 0.0489. The molecule has 33 heavy (non-hydrogen) atoms. The topological polar surface area (TPSA) is 200 Å². The minimum Gasteiger partial charge on any atom is -0.450 e. The maximum absolute atomic E-state index is 11.7. The van der Waals surface area contributed by atoms with Gasteiger partial charge in [-0.2, -0.15) is 0 Å². The number of nitrogens with one attached hydrogen (secondary N) is 4. The van der Waals surface area contributed by atoms with Crippen molar-refractivity contribution in [2.75, 3.05) is 39.3 Å². The molecule has 0 aromatic carbocycles. The van der Waals surface area contributed by atoms with Gasteiger partial charge in [-0.15, -0.1) is 0 Å². The molecule has 0 aliphatic carbocycles. The van der Waals surface area contributed by atoms with Crippen LogP contribution in [0.25, 0.3) is 0 Å². The highest BCUT2D eigenvalue weighted by molar-refractivity contribution is 6.12. The maximum Gasteiger partial charge on any atom is 0.505 e. The van der Waals surface area contributed by atoms with Gasteiger partial charge < -0.3 is 31.1 Å². The van der Waals surface area contributed by atoms with Crippen LogP contribution in [0.5, 0.6) is 0 Å². The highest BCUT2D eigenvalue weighted by atomic mass is 16.7. The van der Waals surface area contributed by atoms with Crippen molar-refractivity contribution in [2.45, 2.75) is 25.7 Å². The van der Waals surface area contributed by atoms with Gasteiger partial charge in [0.2, 0.25) is 23.6 Å². The number of amides is 6. The Morgan fingerprint density at radius 3 is 1.82 bits per heavy atom. The Labute approximate surface area is 189 Å². The zero-order valence-corrected chi connectivity index (χ0v) is 17.9. The van der Waals surface area contributed by atoms with E-state index in [1.54, 1.807) is 0 Å². The van der Waals surface area contributed by atoms with Crippen molar-refractivity contribution in [3.63, 3.8) is 0 Å². The van der Waals surface area contributed by atoms with Gasteiger partial charge in [-0.05, 0) is 12.8 Å². The summed E-state index contributed by atoms with van der Waals surface area (Å²) >= 11 is 0. The van der Waals surface area contributed by atoms with Gasteiger partial charge in [0, 0.05) is 25.1 Å². The summed E-state index contributed by atoms with van der Waals surface area (Å²) in [7, 11) is 0. The molecular weight excluding hydrogens is 442 g/mol. The number of hydrogen-bond acceptors (Lipinski definition) is 8. The number of unbranched alkanes of at least 4 members (excludes halogenated alkanes) is 2. The van der Waals surface area contributed by atoms with E-state index in [2.05, 4.69) is 26.0 Å². The SMILES string of the molecule is O=C(CCCCCN1C(=O)C=CC1=O)NCC(=O)NCC(=O)NCC(=O)NCCOC(=O)O. The molecule has 182 valence electrons. The Kier molecular flexibility index (Phi) is 12.2. The number of carbonyl (C=O) groups excluding carboxylic acids is 6. The number of carboxylic acid groups (broad SMARTS) is 1. The largest absolute Gasteiger partial charge is 0.505 e. The van der Waals surface area contributed by atoms with Crippen molar-refractivity contribution >= 4 is 41.6 Å². The summed E-state index contributed by atoms with van der Waals surface area (Å²) in [5.74, 6) is -2.82. The smallest absolute Gasteiger partial charge is 0.450 e. The van der Waals surface area contributed by atoms with Crippen molar-refractivity contribution in [1.29, 1.82) is 0 Å². The predicted molar refractivity (Wildman–Crippen MR) is 110 cm³/mol. The van der Waals surface area contributed by atoms with Gasteiger partial charge in [-0.25, -0.2) is 4.79 Å². The van der Waals surface area contributed by atoms with Crippen LogP contribution >= 0.6 is 0 Å². The third kappa shape index (κ3) is 12.5. The summed E-state index contributed by atoms with van der Waals surface area (Å²) in [6.07, 6.45) is 2.83. The van der Waals surface area contributed by atoms with Crippen molar-refractivity contribution in [3.8, 4) is 0 Å². The molecule has 1 aliphatic rings. The van der Waals surface area contributed by atoms with Gasteiger partial charge in [-0.1, -0.05) is 6.42 Å². The number of ether oxygens (including phenoxy) is 1. The Bertz CT molecular complexity index is 779. The minimum atomic E-state index is -1.46. The maximum atomic E-state index is 11.7. The summed E-state index contributed by atoms with van der Waals surface area (Å²) in [6, 6.07) is 0. The molecule has 1 rings (SSSR count). The highest BCUT2D eigenvalue weighted by Crippen LogP contribution is 2.07. The van der Waals surface area contributed by atoms with E-state index in [0.717, 1.165) is 4.90 Å². The fourth-order valence-electron chi connectivity index (χ4n) is 2.53. The second-order valence-electron chi connectivity index (χ2n) is 6.77. The quantitative estimate of drug-likeness (QED) is 0.0987. The van der Waals surface area contributed by atoms with E-state index in [1.807, 2.05) is 0 Å². The Hall–Kier alpha value is -3.97. The number of imide groups is 1. The summed E-state index contributed by atoms with van der Waals surface area (Å²) in [6.45, 7) is -1.07. The molecule has 0 aromatic heterocycles. The zero-order chi connectivity index (χ0) is 24.6. The molecular formula is C19H27N5O9. The van der Waals surface area contributed by atoms with Gasteiger partial charge in [-0.3, -0.25) is 33.7 Å². The lowest BCUT2D eigenvalue weighted by atomic mass is 10.2. The summed E-state index contributed by atoms with van der Waals surface area (Å²) in [5, 5.41) is 17.5. The standard InChI is InChI=1S/C19H27N5O9/c25-13(4-2-1-3-8-24-17(29)5-6-18(24)30)21-11-15(27)23-12-16(28)22-10-14(26)20-7-9-33-19(31)32/h5-6H,1-4,7-12H2,(H,20,26)(H,21,25)(H,22,28)(H,23,27)(H,31,32). The molecule has 0 saturated carbocycles. The van der Waals surface area contributed by atoms with E-state index in [-0.39, 0.29) is 56.9 Å². The molecule has 1 heterocycles. The van der Waals surface area contributed by atoms with E-state index in [4.69, 9.17) is 5.11 Å². The molecule has 0 radical (unpaired) electrons. The average Bonchev–Trinajstić information content (AvgIpc) is 3.09. The highest BCUT2D eigenvalue weighted by Gasteiger charge is 2.22. The third-order valence-corrected chi connectivity index (χ3v) is 4.17. The number of carbonyl (C=O) groups is 7. The van der Waals surface area contributed by atoms with Gasteiger partial charge in [0.15, 0.2) is 0 Å². The number of hydrogen-bond donors (Lipinski definition) is 5. The first-order valence-electron chi connectivity index (χ1n) is 10.1. The lowest BCUT2D eigenvalue weighted by Crippen LogP contribution is -2.44. The van der Waals surface area contributed by atoms with Crippen LogP contribution in [0.3, 0.4) is 0 Å². The second kappa shape index (κ2) is 14.9. The van der Waals surface area contributed by atoms with Crippen LogP contribution in [0, 0.1) is 0 Å². The Balaban J connectivity index is 2.02. The molecule has 0 saturated heterocycles. The van der Waals surface area contributed by atoms with Crippen LogP contribution in [0.2, 0.25) is 0 Å². The Morgan fingerprint density at radius 1 is 0.758 bits per heavy atom. The van der Waals surface area contributed by atoms with E-state index in [9.17, 15) is 33.6 Å². The fourth-order valence-corrected chi connectivity index (χ4v) is 2.53. The molecule has 14 nitrogen and oxygen atoms in total. The summed E-state index contributed by atoms with van der Waals surface area (Å²) in [4.78, 5) is 80.5. The zero-order valence-electron chi connectivity index (χ0n) is 17.9. The van der Waals surface area contributed by atoms with E-state index >= 15 is 0 Å². The van der Waals surface area contributed by atoms with Crippen molar-refractivity contribution in [3.05, 3.63) is 12.2 Å². The van der Waals surface area contributed by atoms with Gasteiger partial charge >= 0.3 is 6.16 Å². The molecule has 1 aliphatic heterocycles. The normalized spacial score (nSPS) is 12.3. The van der Waals surface area contributed by atoms with E-state index in [1.165, 1.54) is 12.2 Å². The number of nitrogens with zero attached hydrogens (tertiary/aromatic N) is 1. The first-order chi connectivity index (χ1) is 15.7. The molecule has 14 heteroatoms. The Morgan fingerprint density at radius 2 is 1.27 bits per heavy atom. The summed E-state index contributed by atoms with van der Waals surface area (Å²) < 4.78 is 4.19. The van der Waals surface area contributed by atoms with Gasteiger partial charge in [0.05, 0.1) is 26.2 Å². The molecule has 5 N–H and O–H groups in total. The number of rotatable bonds is 15. The van der Waals surface area contributed by atoms with E-state index < -0.39 is 30.4 Å². The van der Waals surface area contributed by atoms with Gasteiger partial charge in [0.1, 0.15) is 6.61 Å². The van der Waals surface area contributed by atoms with Crippen molar-refractivity contribution in [1.82, 2.24) is 26.2 Å². The monoisotopic (exact) mass is 469 g/mol. The van der Waals surface area contributed by atoms with Crippen LogP contribution in [-0.2, 0) is 33.5 Å². The van der Waals surface area contributed by atoms with E-state index in [0.29, 0.717) is 19.3 Å². The second-order valence-corrected chi connectivity index (χ2v) is 6.77. The van der Waals surface area contributed by atoms with Crippen LogP contribution < -0.4 is 21.3 Å². The van der Waals surface area contributed by atoms with Crippen LogP contribution in [0.1, 0.15) is 25.7 Å². The first kappa shape index (κ1) is 27.1. The molecule has 0 spiro atoms. The molecule has 6 amide bonds. The molecule has 0 unspecified atom stereocenters. The van der Waals surface area contributed by atoms with Gasteiger partial charge in [0.25, 0.3) is 11.8 Å². The van der Waals surface area contributed by atoms with Crippen LogP contribution in [-0.4, -0.2) is 90.9 Å². The molecule has 0 fully saturated rings. The van der Waals surface area contributed by atoms with Crippen LogP contribution in [0.15, 0.2) is 12.2 Å². The average molecular weight is 469 g/mol. The van der Waals surface area contributed by atoms with Crippen LogP contribution in [0.4, 0.5) is 4.79 Å². The first-order valence-corrected chi connectivity index (χ1v) is 10.1. The fraction of sp³-hybridized carbons (Fsp3) is 0.526. The summed E-state index contributed by atoms with van der Waals surface area (Å²) in [5.41, 5.74) is 0. The molecule has 0 atom stereocenters. The van der Waals surface area contributed by atoms with Crippen molar-refractivity contribution < 1.29 is 43.4 Å².